The van der Waals surface area contributed by atoms with Crippen molar-refractivity contribution >= 4 is 5.97 Å². The zero-order valence-corrected chi connectivity index (χ0v) is 12.2. The first-order valence-electron chi connectivity index (χ1n) is 8.10. The Balaban J connectivity index is 1.66. The first-order chi connectivity index (χ1) is 10.1. The van der Waals surface area contributed by atoms with Gasteiger partial charge in [-0.05, 0) is 67.4 Å². The first kappa shape index (κ1) is 13.3. The minimum Gasteiger partial charge on any atom is -0.478 e. The Bertz CT molecular complexity index is 550. The molecule has 2 N–H and O–H groups in total. The quantitative estimate of drug-likeness (QED) is 0.897. The second-order valence-corrected chi connectivity index (χ2v) is 7.43. The lowest BCUT2D eigenvalue weighted by atomic mass is 9.49. The fourth-order valence-electron chi connectivity index (χ4n) is 5.48. The average molecular weight is 286 g/mol. The highest BCUT2D eigenvalue weighted by Gasteiger charge is 2.56. The summed E-state index contributed by atoms with van der Waals surface area (Å²) in [5, 5.41) is 20.7. The summed E-state index contributed by atoms with van der Waals surface area (Å²) >= 11 is 0. The van der Waals surface area contributed by atoms with Gasteiger partial charge in [0.05, 0.1) is 11.2 Å². The molecule has 0 saturated heterocycles. The molecule has 4 bridgehead atoms. The Hall–Kier alpha value is -1.35. The van der Waals surface area contributed by atoms with E-state index in [4.69, 9.17) is 0 Å². The smallest absolute Gasteiger partial charge is 0.335 e. The standard InChI is InChI=1S/C18H22O3/c19-17(20)16-4-2-1-3-13(16)10-18(21)14-6-11-5-12(8-14)9-15(18)7-11/h1-4,11-12,14-15,21H,5-10H2,(H,19,20). The van der Waals surface area contributed by atoms with Crippen molar-refractivity contribution in [3.8, 4) is 0 Å². The Morgan fingerprint density at radius 2 is 1.62 bits per heavy atom. The highest BCUT2D eigenvalue weighted by Crippen LogP contribution is 2.59. The van der Waals surface area contributed by atoms with Crippen molar-refractivity contribution in [1.29, 1.82) is 0 Å². The van der Waals surface area contributed by atoms with Crippen LogP contribution in [0.15, 0.2) is 24.3 Å². The number of carboxylic acid groups (broad SMARTS) is 1. The van der Waals surface area contributed by atoms with Crippen LogP contribution in [0.4, 0.5) is 0 Å². The van der Waals surface area contributed by atoms with Crippen molar-refractivity contribution in [2.75, 3.05) is 0 Å². The van der Waals surface area contributed by atoms with Crippen molar-refractivity contribution in [3.05, 3.63) is 35.4 Å². The van der Waals surface area contributed by atoms with Crippen molar-refractivity contribution in [1.82, 2.24) is 0 Å². The predicted molar refractivity (Wildman–Crippen MR) is 79.1 cm³/mol. The predicted octanol–water partition coefficient (Wildman–Crippen LogP) is 3.11. The molecule has 5 rings (SSSR count). The molecule has 0 unspecified atom stereocenters. The molecule has 4 aliphatic carbocycles. The van der Waals surface area contributed by atoms with E-state index in [2.05, 4.69) is 0 Å². The molecule has 3 heteroatoms. The van der Waals surface area contributed by atoms with Gasteiger partial charge >= 0.3 is 5.97 Å². The lowest BCUT2D eigenvalue weighted by Gasteiger charge is -2.59. The molecule has 4 saturated carbocycles. The van der Waals surface area contributed by atoms with E-state index < -0.39 is 11.6 Å². The van der Waals surface area contributed by atoms with Crippen LogP contribution in [-0.4, -0.2) is 21.8 Å². The number of hydrogen-bond donors (Lipinski definition) is 2. The van der Waals surface area contributed by atoms with Crippen LogP contribution < -0.4 is 0 Å². The second kappa shape index (κ2) is 4.57. The van der Waals surface area contributed by atoms with E-state index in [0.717, 1.165) is 43.1 Å². The number of carbonyl (C=O) groups is 1. The summed E-state index contributed by atoms with van der Waals surface area (Å²) < 4.78 is 0. The van der Waals surface area contributed by atoms with Gasteiger partial charge in [-0.25, -0.2) is 4.79 Å². The van der Waals surface area contributed by atoms with E-state index in [9.17, 15) is 15.0 Å². The molecule has 0 radical (unpaired) electrons. The van der Waals surface area contributed by atoms with Crippen LogP contribution in [0.25, 0.3) is 0 Å². The maximum Gasteiger partial charge on any atom is 0.335 e. The average Bonchev–Trinajstić information content (AvgIpc) is 2.44. The number of aromatic carboxylic acids is 1. The molecule has 1 aromatic rings. The summed E-state index contributed by atoms with van der Waals surface area (Å²) in [4.78, 5) is 11.4. The van der Waals surface area contributed by atoms with Gasteiger partial charge in [0.15, 0.2) is 0 Å². The third kappa shape index (κ3) is 2.02. The van der Waals surface area contributed by atoms with Crippen LogP contribution in [0, 0.1) is 23.7 Å². The van der Waals surface area contributed by atoms with E-state index in [1.54, 1.807) is 12.1 Å². The number of rotatable bonds is 3. The van der Waals surface area contributed by atoms with E-state index >= 15 is 0 Å². The molecule has 0 atom stereocenters. The van der Waals surface area contributed by atoms with Gasteiger partial charge in [0.1, 0.15) is 0 Å². The van der Waals surface area contributed by atoms with Crippen molar-refractivity contribution in [2.24, 2.45) is 23.7 Å². The summed E-state index contributed by atoms with van der Waals surface area (Å²) in [7, 11) is 0. The number of hydrogen-bond acceptors (Lipinski definition) is 2. The highest BCUT2D eigenvalue weighted by molar-refractivity contribution is 5.89. The third-order valence-electron chi connectivity index (χ3n) is 6.27. The minimum absolute atomic E-state index is 0.347. The van der Waals surface area contributed by atoms with Crippen LogP contribution in [0.1, 0.15) is 48.0 Å². The van der Waals surface area contributed by atoms with Crippen molar-refractivity contribution < 1.29 is 15.0 Å². The van der Waals surface area contributed by atoms with Gasteiger partial charge in [0.2, 0.25) is 0 Å². The Kier molecular flexibility index (Phi) is 2.90. The van der Waals surface area contributed by atoms with Gasteiger partial charge in [0, 0.05) is 6.42 Å². The number of aliphatic hydroxyl groups is 1. The van der Waals surface area contributed by atoms with Crippen LogP contribution >= 0.6 is 0 Å². The fraction of sp³-hybridized carbons (Fsp3) is 0.611. The Labute approximate surface area is 125 Å². The summed E-state index contributed by atoms with van der Waals surface area (Å²) in [5.74, 6) is 1.47. The van der Waals surface area contributed by atoms with Gasteiger partial charge in [-0.1, -0.05) is 18.2 Å². The summed E-state index contributed by atoms with van der Waals surface area (Å²) in [5.41, 5.74) is 0.457. The molecule has 3 nitrogen and oxygen atoms in total. The molecule has 4 fully saturated rings. The highest BCUT2D eigenvalue weighted by atomic mass is 16.4. The van der Waals surface area contributed by atoms with Gasteiger partial charge in [-0.3, -0.25) is 0 Å². The van der Waals surface area contributed by atoms with E-state index in [1.807, 2.05) is 12.1 Å². The SMILES string of the molecule is O=C(O)c1ccccc1CC1(O)C2CC3CC(C2)CC1C3. The van der Waals surface area contributed by atoms with Crippen molar-refractivity contribution in [3.63, 3.8) is 0 Å². The maximum atomic E-state index is 11.4. The summed E-state index contributed by atoms with van der Waals surface area (Å²) in [6, 6.07) is 7.15. The van der Waals surface area contributed by atoms with Crippen LogP contribution in [-0.2, 0) is 6.42 Å². The minimum atomic E-state index is -0.891. The first-order valence-corrected chi connectivity index (χ1v) is 8.10. The normalized spacial score (nSPS) is 40.4. The van der Waals surface area contributed by atoms with E-state index in [-0.39, 0.29) is 0 Å². The van der Waals surface area contributed by atoms with E-state index in [1.165, 1.54) is 6.42 Å². The Morgan fingerprint density at radius 3 is 2.19 bits per heavy atom. The molecule has 0 aliphatic heterocycles. The second-order valence-electron chi connectivity index (χ2n) is 7.43. The van der Waals surface area contributed by atoms with Gasteiger partial charge in [0.25, 0.3) is 0 Å². The largest absolute Gasteiger partial charge is 0.478 e. The van der Waals surface area contributed by atoms with Gasteiger partial charge in [-0.2, -0.15) is 0 Å². The molecule has 1 aromatic carbocycles. The van der Waals surface area contributed by atoms with Gasteiger partial charge < -0.3 is 10.2 Å². The molecular weight excluding hydrogens is 264 g/mol. The van der Waals surface area contributed by atoms with E-state index in [0.29, 0.717) is 23.8 Å². The number of benzene rings is 1. The molecule has 4 aliphatic rings. The molecule has 0 heterocycles. The molecule has 112 valence electrons. The van der Waals surface area contributed by atoms with Crippen LogP contribution in [0.5, 0.6) is 0 Å². The molecule has 0 spiro atoms. The zero-order chi connectivity index (χ0) is 14.6. The number of carboxylic acids is 1. The molecular formula is C18H22O3. The van der Waals surface area contributed by atoms with Gasteiger partial charge in [-0.15, -0.1) is 0 Å². The lowest BCUT2D eigenvalue weighted by Crippen LogP contribution is -2.58. The van der Waals surface area contributed by atoms with Crippen LogP contribution in [0.2, 0.25) is 0 Å². The molecule has 0 amide bonds. The molecule has 0 aromatic heterocycles. The third-order valence-corrected chi connectivity index (χ3v) is 6.27. The van der Waals surface area contributed by atoms with Crippen molar-refractivity contribution in [2.45, 2.75) is 44.1 Å². The summed E-state index contributed by atoms with van der Waals surface area (Å²) in [6.07, 6.45) is 6.41. The van der Waals surface area contributed by atoms with Crippen LogP contribution in [0.3, 0.4) is 0 Å². The Morgan fingerprint density at radius 1 is 1.05 bits per heavy atom. The molecule has 21 heavy (non-hydrogen) atoms. The lowest BCUT2D eigenvalue weighted by molar-refractivity contribution is -0.171. The monoisotopic (exact) mass is 286 g/mol. The zero-order valence-electron chi connectivity index (χ0n) is 12.2. The summed E-state index contributed by atoms with van der Waals surface area (Å²) in [6.45, 7) is 0. The fourth-order valence-corrected chi connectivity index (χ4v) is 5.48. The maximum absolute atomic E-state index is 11.4. The topological polar surface area (TPSA) is 57.5 Å².